The molecule has 1 amide bonds. The molecule has 3 nitrogen and oxygen atoms in total. The monoisotopic (exact) mass is 349 g/mol. The third-order valence-corrected chi connectivity index (χ3v) is 4.65. The fraction of sp³-hybridized carbons (Fsp3) is 0.462. The van der Waals surface area contributed by atoms with Crippen LogP contribution in [-0.4, -0.2) is 30.0 Å². The average Bonchev–Trinajstić information content (AvgIpc) is 2.42. The minimum Gasteiger partial charge on any atom is -0.381 e. The van der Waals surface area contributed by atoms with Gasteiger partial charge in [0.15, 0.2) is 5.82 Å². The lowest BCUT2D eigenvalue weighted by Crippen LogP contribution is -2.53. The van der Waals surface area contributed by atoms with E-state index in [1.807, 2.05) is 0 Å². The molecule has 2 rings (SSSR count). The molecule has 6 heteroatoms. The van der Waals surface area contributed by atoms with Gasteiger partial charge in [-0.2, -0.15) is 0 Å². The Bertz CT molecular complexity index is 478. The largest absolute Gasteiger partial charge is 0.381 e. The van der Waals surface area contributed by atoms with Gasteiger partial charge in [0.05, 0.1) is 16.1 Å². The minimum atomic E-state index is -0.682. The minimum absolute atomic E-state index is 0.0284. The Morgan fingerprint density at radius 3 is 2.79 bits per heavy atom. The molecule has 1 aromatic rings. The molecule has 0 bridgehead atoms. The lowest BCUT2D eigenvalue weighted by atomic mass is 9.92. The van der Waals surface area contributed by atoms with Crippen LogP contribution >= 0.6 is 27.5 Å². The van der Waals surface area contributed by atoms with Crippen molar-refractivity contribution in [2.45, 2.75) is 18.4 Å². The third kappa shape index (κ3) is 3.27. The van der Waals surface area contributed by atoms with E-state index in [0.29, 0.717) is 31.4 Å². The summed E-state index contributed by atoms with van der Waals surface area (Å²) in [4.78, 5) is 12.2. The highest BCUT2D eigenvalue weighted by atomic mass is 79.9. The van der Waals surface area contributed by atoms with Gasteiger partial charge in [0.1, 0.15) is 0 Å². The molecule has 1 N–H and O–H groups in total. The van der Waals surface area contributed by atoms with E-state index >= 15 is 0 Å². The Labute approximate surface area is 124 Å². The Morgan fingerprint density at radius 1 is 1.47 bits per heavy atom. The summed E-state index contributed by atoms with van der Waals surface area (Å²) < 4.78 is 19.1. The molecule has 0 radical (unpaired) electrons. The molecule has 1 aromatic carbocycles. The summed E-state index contributed by atoms with van der Waals surface area (Å²) in [6, 6.07) is 4.41. The number of hydrogen-bond acceptors (Lipinski definition) is 2. The molecule has 0 aliphatic carbocycles. The van der Waals surface area contributed by atoms with Crippen LogP contribution in [0.15, 0.2) is 18.2 Å². The highest BCUT2D eigenvalue weighted by Gasteiger charge is 2.34. The van der Waals surface area contributed by atoms with Gasteiger partial charge in [-0.05, 0) is 25.0 Å². The predicted octanol–water partition coefficient (Wildman–Crippen LogP) is 3.15. The molecule has 0 atom stereocenters. The highest BCUT2D eigenvalue weighted by Crippen LogP contribution is 2.25. The van der Waals surface area contributed by atoms with Gasteiger partial charge in [0.2, 0.25) is 0 Å². The molecule has 0 unspecified atom stereocenters. The Morgan fingerprint density at radius 2 is 2.16 bits per heavy atom. The van der Waals surface area contributed by atoms with Gasteiger partial charge in [-0.1, -0.05) is 33.6 Å². The van der Waals surface area contributed by atoms with Gasteiger partial charge >= 0.3 is 0 Å². The molecule has 1 fully saturated rings. The number of amides is 1. The Hall–Kier alpha value is -0.650. The summed E-state index contributed by atoms with van der Waals surface area (Å²) in [6.45, 7) is 1.17. The number of benzene rings is 1. The van der Waals surface area contributed by atoms with E-state index in [1.54, 1.807) is 6.07 Å². The maximum atomic E-state index is 13.8. The zero-order chi connectivity index (χ0) is 13.9. The van der Waals surface area contributed by atoms with E-state index in [4.69, 9.17) is 16.3 Å². The summed E-state index contributed by atoms with van der Waals surface area (Å²) in [5, 5.41) is 3.46. The van der Waals surface area contributed by atoms with E-state index in [0.717, 1.165) is 0 Å². The number of ether oxygens (including phenoxy) is 1. The topological polar surface area (TPSA) is 38.3 Å². The Kier molecular flexibility index (Phi) is 4.81. The van der Waals surface area contributed by atoms with Gasteiger partial charge in [-0.15, -0.1) is 0 Å². The predicted molar refractivity (Wildman–Crippen MR) is 75.5 cm³/mol. The first kappa shape index (κ1) is 14.8. The maximum absolute atomic E-state index is 13.8. The zero-order valence-corrected chi connectivity index (χ0v) is 12.6. The molecule has 19 heavy (non-hydrogen) atoms. The third-order valence-electron chi connectivity index (χ3n) is 3.28. The summed E-state index contributed by atoms with van der Waals surface area (Å²) in [7, 11) is 0. The van der Waals surface area contributed by atoms with E-state index < -0.39 is 11.7 Å². The molecule has 0 aromatic heterocycles. The van der Waals surface area contributed by atoms with Crippen molar-refractivity contribution in [2.75, 3.05) is 18.5 Å². The molecule has 1 aliphatic heterocycles. The first-order valence-corrected chi connectivity index (χ1v) is 7.48. The van der Waals surface area contributed by atoms with Crippen molar-refractivity contribution in [1.29, 1.82) is 0 Å². The average molecular weight is 351 g/mol. The van der Waals surface area contributed by atoms with Crippen LogP contribution in [0.2, 0.25) is 5.02 Å². The summed E-state index contributed by atoms with van der Waals surface area (Å²) >= 11 is 9.10. The van der Waals surface area contributed by atoms with Crippen LogP contribution in [-0.2, 0) is 4.74 Å². The molecule has 1 saturated heterocycles. The van der Waals surface area contributed by atoms with E-state index in [9.17, 15) is 9.18 Å². The van der Waals surface area contributed by atoms with Crippen LogP contribution in [0.3, 0.4) is 0 Å². The smallest absolute Gasteiger partial charge is 0.254 e. The van der Waals surface area contributed by atoms with E-state index in [2.05, 4.69) is 21.2 Å². The summed E-state index contributed by atoms with van der Waals surface area (Å²) in [5.74, 6) is -1.13. The lowest BCUT2D eigenvalue weighted by molar-refractivity contribution is 0.0441. The molecule has 1 aliphatic rings. The zero-order valence-electron chi connectivity index (χ0n) is 10.2. The molecular formula is C13H14BrClFNO2. The number of nitrogens with one attached hydrogen (secondary N) is 1. The van der Waals surface area contributed by atoms with Crippen LogP contribution < -0.4 is 5.32 Å². The van der Waals surface area contributed by atoms with Crippen LogP contribution in [0.4, 0.5) is 4.39 Å². The van der Waals surface area contributed by atoms with Gasteiger partial charge in [0.25, 0.3) is 5.91 Å². The van der Waals surface area contributed by atoms with Gasteiger partial charge in [-0.25, -0.2) is 4.39 Å². The molecule has 1 heterocycles. The van der Waals surface area contributed by atoms with Crippen molar-refractivity contribution in [3.63, 3.8) is 0 Å². The summed E-state index contributed by atoms with van der Waals surface area (Å²) in [6.07, 6.45) is 1.40. The number of rotatable bonds is 3. The van der Waals surface area contributed by atoms with Crippen molar-refractivity contribution in [3.8, 4) is 0 Å². The number of halogens is 3. The van der Waals surface area contributed by atoms with Crippen molar-refractivity contribution < 1.29 is 13.9 Å². The number of alkyl halides is 1. The molecule has 0 saturated carbocycles. The summed E-state index contributed by atoms with van der Waals surface area (Å²) in [5.41, 5.74) is -0.413. The first-order valence-electron chi connectivity index (χ1n) is 5.98. The van der Waals surface area contributed by atoms with Crippen LogP contribution in [0.5, 0.6) is 0 Å². The fourth-order valence-electron chi connectivity index (χ4n) is 2.04. The van der Waals surface area contributed by atoms with Gasteiger partial charge < -0.3 is 10.1 Å². The van der Waals surface area contributed by atoms with Crippen molar-refractivity contribution >= 4 is 33.4 Å². The molecular weight excluding hydrogens is 337 g/mol. The van der Waals surface area contributed by atoms with Crippen molar-refractivity contribution in [1.82, 2.24) is 5.32 Å². The normalized spacial score (nSPS) is 18.1. The Balaban J connectivity index is 2.17. The van der Waals surface area contributed by atoms with Crippen LogP contribution in [0.1, 0.15) is 23.2 Å². The second kappa shape index (κ2) is 6.20. The molecule has 0 spiro atoms. The maximum Gasteiger partial charge on any atom is 0.254 e. The second-order valence-corrected chi connectivity index (χ2v) is 5.55. The molecule has 104 valence electrons. The number of carbonyl (C=O) groups excluding carboxylic acids is 1. The van der Waals surface area contributed by atoms with E-state index in [-0.39, 0.29) is 16.1 Å². The second-order valence-electron chi connectivity index (χ2n) is 4.58. The van der Waals surface area contributed by atoms with Gasteiger partial charge in [0, 0.05) is 18.5 Å². The van der Waals surface area contributed by atoms with Gasteiger partial charge in [-0.3, -0.25) is 4.79 Å². The van der Waals surface area contributed by atoms with Crippen LogP contribution in [0, 0.1) is 5.82 Å². The fourth-order valence-corrected chi connectivity index (χ4v) is 2.92. The number of carbonyl (C=O) groups is 1. The lowest BCUT2D eigenvalue weighted by Gasteiger charge is -2.36. The first-order chi connectivity index (χ1) is 9.08. The number of hydrogen-bond donors (Lipinski definition) is 1. The quantitative estimate of drug-likeness (QED) is 0.851. The van der Waals surface area contributed by atoms with Crippen molar-refractivity contribution in [3.05, 3.63) is 34.6 Å². The van der Waals surface area contributed by atoms with Crippen LogP contribution in [0.25, 0.3) is 0 Å². The standard InChI is InChI=1S/C13H14BrClFNO2/c14-8-13(4-6-19-7-5-13)17-12(18)9-2-1-3-10(15)11(9)16/h1-3H,4-8H2,(H,17,18). The highest BCUT2D eigenvalue weighted by molar-refractivity contribution is 9.09. The van der Waals surface area contributed by atoms with E-state index in [1.165, 1.54) is 12.1 Å². The SMILES string of the molecule is O=C(NC1(CBr)CCOCC1)c1cccc(Cl)c1F. The van der Waals surface area contributed by atoms with Crippen molar-refractivity contribution in [2.24, 2.45) is 0 Å².